The Morgan fingerprint density at radius 3 is 2.93 bits per heavy atom. The summed E-state index contributed by atoms with van der Waals surface area (Å²) in [5.74, 6) is 0.732. The molecule has 0 saturated heterocycles. The van der Waals surface area contributed by atoms with E-state index >= 15 is 0 Å². The first-order valence-electron chi connectivity index (χ1n) is 9.52. The molecule has 0 bridgehead atoms. The van der Waals surface area contributed by atoms with Crippen LogP contribution in [0, 0.1) is 0 Å². The number of aromatic hydroxyl groups is 1. The summed E-state index contributed by atoms with van der Waals surface area (Å²) in [6.07, 6.45) is 1.89. The molecule has 0 saturated carbocycles. The third-order valence-corrected chi connectivity index (χ3v) is 4.90. The number of fused-ring (bicyclic) bond motifs is 3. The summed E-state index contributed by atoms with van der Waals surface area (Å²) in [6, 6.07) is 7.00. The van der Waals surface area contributed by atoms with Crippen LogP contribution < -0.4 is 16.0 Å². The summed E-state index contributed by atoms with van der Waals surface area (Å²) in [5.41, 5.74) is 2.64. The Bertz CT molecular complexity index is 1030. The topological polar surface area (TPSA) is 107 Å². The highest BCUT2D eigenvalue weighted by Crippen LogP contribution is 2.39. The van der Waals surface area contributed by atoms with E-state index in [4.69, 9.17) is 0 Å². The Balaban J connectivity index is 1.48. The molecular formula is C20H26N6O2. The second-order valence-electron chi connectivity index (χ2n) is 8.21. The highest BCUT2D eigenvalue weighted by molar-refractivity contribution is 6.08. The molecule has 148 valence electrons. The van der Waals surface area contributed by atoms with Crippen molar-refractivity contribution in [3.8, 4) is 5.88 Å². The summed E-state index contributed by atoms with van der Waals surface area (Å²) in [5, 5.41) is 28.2. The molecule has 4 rings (SSSR count). The number of aromatic amines is 1. The van der Waals surface area contributed by atoms with Gasteiger partial charge in [-0.3, -0.25) is 10.4 Å². The van der Waals surface area contributed by atoms with Gasteiger partial charge in [-0.2, -0.15) is 5.10 Å². The zero-order chi connectivity index (χ0) is 19.9. The van der Waals surface area contributed by atoms with Gasteiger partial charge < -0.3 is 20.3 Å². The maximum atomic E-state index is 12.5. The van der Waals surface area contributed by atoms with Crippen molar-refractivity contribution in [2.75, 3.05) is 10.6 Å². The lowest BCUT2D eigenvalue weighted by atomic mass is 10.1. The average molecular weight is 382 g/mol. The van der Waals surface area contributed by atoms with E-state index in [9.17, 15) is 9.90 Å². The number of carbonyl (C=O) groups excluding carboxylic acids is 1. The van der Waals surface area contributed by atoms with Crippen LogP contribution in [0.1, 0.15) is 38.6 Å². The van der Waals surface area contributed by atoms with Gasteiger partial charge in [0.25, 0.3) is 0 Å². The third-order valence-electron chi connectivity index (χ3n) is 4.90. The van der Waals surface area contributed by atoms with Gasteiger partial charge in [0.15, 0.2) is 11.7 Å². The van der Waals surface area contributed by atoms with Crippen molar-refractivity contribution in [1.82, 2.24) is 20.1 Å². The fourth-order valence-electron chi connectivity index (χ4n) is 3.61. The average Bonchev–Trinajstić information content (AvgIpc) is 3.32. The number of nitrogens with one attached hydrogen (secondary N) is 4. The number of benzene rings is 1. The number of hydrogen-bond acceptors (Lipinski definition) is 4. The zero-order valence-electron chi connectivity index (χ0n) is 16.4. The Kier molecular flexibility index (Phi) is 4.50. The van der Waals surface area contributed by atoms with E-state index in [2.05, 4.69) is 46.9 Å². The van der Waals surface area contributed by atoms with Gasteiger partial charge in [-0.05, 0) is 45.7 Å². The number of H-pyrrole nitrogens is 1. The van der Waals surface area contributed by atoms with E-state index in [0.717, 1.165) is 41.5 Å². The minimum absolute atomic E-state index is 0.00186. The largest absolute Gasteiger partial charge is 0.494 e. The lowest BCUT2D eigenvalue weighted by Gasteiger charge is -2.19. The van der Waals surface area contributed by atoms with E-state index in [0.29, 0.717) is 18.1 Å². The van der Waals surface area contributed by atoms with Gasteiger partial charge in [-0.1, -0.05) is 6.07 Å². The summed E-state index contributed by atoms with van der Waals surface area (Å²) >= 11 is 0. The number of amides is 2. The molecule has 8 nitrogen and oxygen atoms in total. The van der Waals surface area contributed by atoms with Crippen molar-refractivity contribution in [2.24, 2.45) is 0 Å². The van der Waals surface area contributed by atoms with E-state index in [1.807, 2.05) is 22.8 Å². The zero-order valence-corrected chi connectivity index (χ0v) is 16.4. The molecule has 8 heteroatoms. The molecule has 2 amide bonds. The number of nitrogens with zero attached hydrogens (tertiary/aromatic N) is 2. The second kappa shape index (κ2) is 6.87. The first kappa shape index (κ1) is 18.4. The highest BCUT2D eigenvalue weighted by Gasteiger charge is 2.23. The van der Waals surface area contributed by atoms with Gasteiger partial charge >= 0.3 is 6.03 Å². The molecule has 0 aliphatic carbocycles. The summed E-state index contributed by atoms with van der Waals surface area (Å²) in [6.45, 7) is 7.71. The Morgan fingerprint density at radius 1 is 1.32 bits per heavy atom. The van der Waals surface area contributed by atoms with Crippen LogP contribution in [0.25, 0.3) is 10.8 Å². The van der Waals surface area contributed by atoms with Crippen molar-refractivity contribution in [3.63, 3.8) is 0 Å². The SMILES string of the molecule is CC(C)(C)NCc1cc(NC(=O)Nc2cccc3c(O)n4c(c23)CCC4)n[nH]1. The summed E-state index contributed by atoms with van der Waals surface area (Å²) in [4.78, 5) is 12.5. The van der Waals surface area contributed by atoms with E-state index in [-0.39, 0.29) is 17.5 Å². The van der Waals surface area contributed by atoms with Gasteiger partial charge in [-0.25, -0.2) is 4.79 Å². The van der Waals surface area contributed by atoms with Crippen molar-refractivity contribution in [3.05, 3.63) is 35.7 Å². The number of urea groups is 1. The highest BCUT2D eigenvalue weighted by atomic mass is 16.3. The monoisotopic (exact) mass is 382 g/mol. The molecule has 0 radical (unpaired) electrons. The lowest BCUT2D eigenvalue weighted by molar-refractivity contribution is 0.262. The molecule has 0 atom stereocenters. The minimum Gasteiger partial charge on any atom is -0.494 e. The van der Waals surface area contributed by atoms with E-state index in [1.165, 1.54) is 0 Å². The molecule has 0 unspecified atom stereocenters. The van der Waals surface area contributed by atoms with Crippen molar-refractivity contribution >= 4 is 28.3 Å². The molecule has 1 aliphatic rings. The molecule has 28 heavy (non-hydrogen) atoms. The number of anilines is 2. The number of aryl methyl sites for hydroxylation is 1. The quantitative estimate of drug-likeness (QED) is 0.476. The Hall–Kier alpha value is -3.00. The summed E-state index contributed by atoms with van der Waals surface area (Å²) < 4.78 is 1.93. The standard InChI is InChI=1S/C20H26N6O2/c1-20(2,3)21-11-12-10-16(25-24-12)23-19(28)22-14-7-4-6-13-17(14)15-8-5-9-26(15)18(13)27/h4,6-7,10,21,27H,5,8-9,11H2,1-3H3,(H3,22,23,24,25,28). The molecular weight excluding hydrogens is 356 g/mol. The fourth-order valence-corrected chi connectivity index (χ4v) is 3.61. The molecule has 1 aliphatic heterocycles. The lowest BCUT2D eigenvalue weighted by Crippen LogP contribution is -2.35. The van der Waals surface area contributed by atoms with Crippen LogP contribution in [0.15, 0.2) is 24.3 Å². The van der Waals surface area contributed by atoms with Crippen LogP contribution in [0.4, 0.5) is 16.3 Å². The molecule has 0 spiro atoms. The molecule has 1 aromatic carbocycles. The smallest absolute Gasteiger partial charge is 0.324 e. The second-order valence-corrected chi connectivity index (χ2v) is 8.21. The van der Waals surface area contributed by atoms with Crippen LogP contribution >= 0.6 is 0 Å². The van der Waals surface area contributed by atoms with Crippen LogP contribution in [-0.4, -0.2) is 31.4 Å². The van der Waals surface area contributed by atoms with Crippen LogP contribution in [-0.2, 0) is 19.5 Å². The first-order valence-corrected chi connectivity index (χ1v) is 9.52. The van der Waals surface area contributed by atoms with Crippen LogP contribution in [0.2, 0.25) is 0 Å². The van der Waals surface area contributed by atoms with Crippen molar-refractivity contribution in [2.45, 2.75) is 52.2 Å². The maximum absolute atomic E-state index is 12.5. The van der Waals surface area contributed by atoms with Crippen molar-refractivity contribution in [1.29, 1.82) is 0 Å². The summed E-state index contributed by atoms with van der Waals surface area (Å²) in [7, 11) is 0. The van der Waals surface area contributed by atoms with Crippen LogP contribution in [0.5, 0.6) is 5.88 Å². The van der Waals surface area contributed by atoms with Gasteiger partial charge in [0.1, 0.15) is 0 Å². The third kappa shape index (κ3) is 3.55. The Morgan fingerprint density at radius 2 is 2.14 bits per heavy atom. The Labute approximate surface area is 163 Å². The molecule has 3 heterocycles. The molecule has 3 aromatic rings. The van der Waals surface area contributed by atoms with E-state index < -0.39 is 0 Å². The maximum Gasteiger partial charge on any atom is 0.324 e. The molecule has 2 aromatic heterocycles. The first-order chi connectivity index (χ1) is 13.3. The fraction of sp³-hybridized carbons (Fsp3) is 0.400. The number of aromatic nitrogens is 3. The van der Waals surface area contributed by atoms with Crippen LogP contribution in [0.3, 0.4) is 0 Å². The molecule has 5 N–H and O–H groups in total. The normalized spacial score (nSPS) is 13.7. The van der Waals surface area contributed by atoms with Gasteiger partial charge in [-0.15, -0.1) is 0 Å². The van der Waals surface area contributed by atoms with Gasteiger partial charge in [0, 0.05) is 41.2 Å². The number of rotatable bonds is 4. The molecule has 0 fully saturated rings. The number of carbonyl (C=O) groups is 1. The predicted molar refractivity (Wildman–Crippen MR) is 110 cm³/mol. The number of hydrogen-bond donors (Lipinski definition) is 5. The van der Waals surface area contributed by atoms with Gasteiger partial charge in [0.05, 0.1) is 11.4 Å². The van der Waals surface area contributed by atoms with E-state index in [1.54, 1.807) is 6.07 Å². The predicted octanol–water partition coefficient (Wildman–Crippen LogP) is 3.55. The minimum atomic E-state index is -0.369. The van der Waals surface area contributed by atoms with Crippen molar-refractivity contribution < 1.29 is 9.90 Å². The van der Waals surface area contributed by atoms with Gasteiger partial charge in [0.2, 0.25) is 0 Å².